The van der Waals surface area contributed by atoms with Crippen molar-refractivity contribution in [2.24, 2.45) is 11.8 Å². The number of anilines is 2. The normalized spacial score (nSPS) is 28.2. The molecule has 3 aliphatic heterocycles. The number of benzene rings is 2. The van der Waals surface area contributed by atoms with Gasteiger partial charge in [0.25, 0.3) is 0 Å². The average Bonchev–Trinajstić information content (AvgIpc) is 3.36. The molecule has 4 fully saturated rings. The van der Waals surface area contributed by atoms with E-state index in [1.54, 1.807) is 11.0 Å². The number of nitrogen functional groups attached to an aromatic ring is 1. The molecule has 234 valence electrons. The number of terminal acetylenes is 1. The summed E-state index contributed by atoms with van der Waals surface area (Å²) >= 11 is 0. The second-order valence-corrected chi connectivity index (χ2v) is 12.4. The number of rotatable bonds is 5. The van der Waals surface area contributed by atoms with Gasteiger partial charge in [-0.05, 0) is 49.4 Å². The smallest absolute Gasteiger partial charge is 0.319 e. The van der Waals surface area contributed by atoms with Gasteiger partial charge in [-0.1, -0.05) is 12.0 Å². The van der Waals surface area contributed by atoms with Gasteiger partial charge in [-0.15, -0.1) is 6.42 Å². The summed E-state index contributed by atoms with van der Waals surface area (Å²) in [6.45, 7) is -0.631. The van der Waals surface area contributed by atoms with Gasteiger partial charge < -0.3 is 20.1 Å². The van der Waals surface area contributed by atoms with E-state index in [1.165, 1.54) is 24.4 Å². The second-order valence-electron chi connectivity index (χ2n) is 12.4. The van der Waals surface area contributed by atoms with Crippen molar-refractivity contribution in [1.29, 1.82) is 5.26 Å². The van der Waals surface area contributed by atoms with Gasteiger partial charge in [0.1, 0.15) is 35.6 Å². The molecule has 3 saturated heterocycles. The number of nitrogens with zero attached hydrogens (tertiary/aromatic N) is 6. The predicted molar refractivity (Wildman–Crippen MR) is 166 cm³/mol. The van der Waals surface area contributed by atoms with Gasteiger partial charge in [0.05, 0.1) is 50.5 Å². The molecule has 12 heteroatoms. The highest BCUT2D eigenvalue weighted by Gasteiger charge is 2.56. The molecule has 5 atom stereocenters. The summed E-state index contributed by atoms with van der Waals surface area (Å²) in [4.78, 5) is 17.0. The Kier molecular flexibility index (Phi) is 6.19. The standard InChI is InChI=1S/C34H30F3N7O2/c1-2-21-25(35)5-4-19-10-20(39)11-22(26(19)21)29-28(37)30-23(14-40-29)32(44-8-9-45-16-24-27(36)31(24)44)42-33(41-30)46-17-34-6-3-7-43(34)15-18(12-34)13-38/h1,4-5,10-11,14,18,24,27,31H,3,6-9,12,15-17,39H2/t18?,24-,27-,31-,34?/m0/s1/i17D2. The fourth-order valence-corrected chi connectivity index (χ4v) is 7.51. The van der Waals surface area contributed by atoms with Crippen LogP contribution in [0.15, 0.2) is 30.5 Å². The van der Waals surface area contributed by atoms with Gasteiger partial charge in [-0.2, -0.15) is 15.2 Å². The molecule has 1 aliphatic carbocycles. The van der Waals surface area contributed by atoms with E-state index in [9.17, 15) is 9.65 Å². The van der Waals surface area contributed by atoms with Gasteiger partial charge >= 0.3 is 6.01 Å². The van der Waals surface area contributed by atoms with E-state index in [-0.39, 0.29) is 76.7 Å². The van der Waals surface area contributed by atoms with Crippen LogP contribution in [0.25, 0.3) is 32.9 Å². The van der Waals surface area contributed by atoms with Crippen molar-refractivity contribution < 1.29 is 25.4 Å². The van der Waals surface area contributed by atoms with E-state index in [0.29, 0.717) is 24.9 Å². The minimum atomic E-state index is -2.37. The molecular formula is C34H30F3N7O2. The van der Waals surface area contributed by atoms with Crippen LogP contribution in [0, 0.1) is 47.1 Å². The first-order valence-electron chi connectivity index (χ1n) is 16.2. The monoisotopic (exact) mass is 627 g/mol. The molecule has 1 saturated carbocycles. The number of hydrogen-bond acceptors (Lipinski definition) is 9. The highest BCUT2D eigenvalue weighted by molar-refractivity contribution is 6.03. The number of halogens is 3. The van der Waals surface area contributed by atoms with E-state index >= 15 is 8.78 Å². The van der Waals surface area contributed by atoms with Crippen molar-refractivity contribution in [2.45, 2.75) is 37.0 Å². The highest BCUT2D eigenvalue weighted by Crippen LogP contribution is 2.46. The van der Waals surface area contributed by atoms with Crippen molar-refractivity contribution in [1.82, 2.24) is 19.9 Å². The molecule has 4 aromatic rings. The Morgan fingerprint density at radius 1 is 1.26 bits per heavy atom. The maximum Gasteiger partial charge on any atom is 0.319 e. The van der Waals surface area contributed by atoms with Crippen molar-refractivity contribution in [3.05, 3.63) is 47.7 Å². The number of nitriles is 1. The maximum atomic E-state index is 16.9. The molecule has 2 unspecified atom stereocenters. The summed E-state index contributed by atoms with van der Waals surface area (Å²) in [6, 6.07) is 6.96. The van der Waals surface area contributed by atoms with E-state index < -0.39 is 47.9 Å². The van der Waals surface area contributed by atoms with E-state index in [2.05, 4.69) is 26.9 Å². The Hall–Kier alpha value is -4.65. The zero-order valence-corrected chi connectivity index (χ0v) is 24.6. The molecular weight excluding hydrogens is 595 g/mol. The van der Waals surface area contributed by atoms with Crippen LogP contribution in [0.4, 0.5) is 24.7 Å². The lowest BCUT2D eigenvalue weighted by Gasteiger charge is -2.31. The molecule has 5 heterocycles. The maximum absolute atomic E-state index is 16.9. The van der Waals surface area contributed by atoms with Crippen LogP contribution < -0.4 is 15.4 Å². The van der Waals surface area contributed by atoms with E-state index in [0.717, 1.165) is 6.42 Å². The SMILES string of the molecule is [2H]C([2H])(Oc1nc(N2CCOC[C@H]3[C@H](F)[C@H]32)c2cnc(-c3cc(N)cc4ccc(F)c(C#C)c34)c(F)c2n1)C12CCCN1CC(C#N)C2. The summed E-state index contributed by atoms with van der Waals surface area (Å²) in [7, 11) is 0. The van der Waals surface area contributed by atoms with Crippen LogP contribution in [-0.2, 0) is 4.74 Å². The van der Waals surface area contributed by atoms with Crippen LogP contribution in [0.3, 0.4) is 0 Å². The number of pyridine rings is 1. The molecule has 2 aromatic carbocycles. The fraction of sp³-hybridized carbons (Fsp3) is 0.412. The average molecular weight is 628 g/mol. The minimum absolute atomic E-state index is 0.0877. The first-order valence-corrected chi connectivity index (χ1v) is 15.2. The lowest BCUT2D eigenvalue weighted by molar-refractivity contribution is 0.107. The Morgan fingerprint density at radius 2 is 2.13 bits per heavy atom. The van der Waals surface area contributed by atoms with Crippen molar-refractivity contribution >= 4 is 33.2 Å². The predicted octanol–water partition coefficient (Wildman–Crippen LogP) is 4.62. The summed E-state index contributed by atoms with van der Waals surface area (Å²) in [5.74, 6) is 0.0901. The molecule has 4 aliphatic rings. The zero-order chi connectivity index (χ0) is 33.5. The van der Waals surface area contributed by atoms with Gasteiger partial charge in [-0.3, -0.25) is 9.88 Å². The Labute approximate surface area is 265 Å². The third kappa shape index (κ3) is 4.43. The van der Waals surface area contributed by atoms with Gasteiger partial charge in [0.2, 0.25) is 0 Å². The van der Waals surface area contributed by atoms with Gasteiger partial charge in [0, 0.05) is 41.8 Å². The molecule has 8 rings (SSSR count). The summed E-state index contributed by atoms with van der Waals surface area (Å²) < 4.78 is 76.7. The molecule has 0 amide bonds. The van der Waals surface area contributed by atoms with Crippen LogP contribution in [-0.4, -0.2) is 77.0 Å². The molecule has 2 aromatic heterocycles. The quantitative estimate of drug-likeness (QED) is 0.250. The highest BCUT2D eigenvalue weighted by atomic mass is 19.1. The molecule has 0 spiro atoms. The Balaban J connectivity index is 1.32. The number of hydrogen-bond donors (Lipinski definition) is 1. The van der Waals surface area contributed by atoms with E-state index in [1.807, 2.05) is 4.90 Å². The van der Waals surface area contributed by atoms with Crippen LogP contribution >= 0.6 is 0 Å². The van der Waals surface area contributed by atoms with Crippen molar-refractivity contribution in [3.63, 3.8) is 0 Å². The summed E-state index contributed by atoms with van der Waals surface area (Å²) in [5.41, 5.74) is 4.90. The minimum Gasteiger partial charge on any atom is -0.461 e. The fourth-order valence-electron chi connectivity index (χ4n) is 7.51. The lowest BCUT2D eigenvalue weighted by Crippen LogP contribution is -2.43. The molecule has 2 N–H and O–H groups in total. The summed E-state index contributed by atoms with van der Waals surface area (Å²) in [5, 5.41) is 10.5. The molecule has 0 bridgehead atoms. The summed E-state index contributed by atoms with van der Waals surface area (Å²) in [6.07, 6.45) is 7.26. The third-order valence-corrected chi connectivity index (χ3v) is 9.75. The van der Waals surface area contributed by atoms with Gasteiger partial charge in [-0.25, -0.2) is 13.2 Å². The molecule has 9 nitrogen and oxygen atoms in total. The van der Waals surface area contributed by atoms with Crippen LogP contribution in [0.2, 0.25) is 0 Å². The second kappa shape index (κ2) is 10.7. The third-order valence-electron chi connectivity index (χ3n) is 9.75. The molecule has 0 radical (unpaired) electrons. The largest absolute Gasteiger partial charge is 0.461 e. The van der Waals surface area contributed by atoms with Crippen LogP contribution in [0.1, 0.15) is 27.6 Å². The van der Waals surface area contributed by atoms with E-state index in [4.69, 9.17) is 24.4 Å². The number of ether oxygens (including phenoxy) is 2. The van der Waals surface area contributed by atoms with Crippen molar-refractivity contribution in [2.75, 3.05) is 50.0 Å². The number of aromatic nitrogens is 3. The topological polar surface area (TPSA) is 113 Å². The first-order chi connectivity index (χ1) is 23.1. The number of fused-ring (bicyclic) bond motifs is 4. The number of alkyl halides is 1. The van der Waals surface area contributed by atoms with Crippen LogP contribution in [0.5, 0.6) is 6.01 Å². The number of nitrogens with two attached hydrogens (primary N) is 1. The Bertz CT molecular complexity index is 2090. The van der Waals surface area contributed by atoms with Crippen molar-refractivity contribution in [3.8, 4) is 35.7 Å². The zero-order valence-electron chi connectivity index (χ0n) is 26.6. The molecule has 46 heavy (non-hydrogen) atoms. The Morgan fingerprint density at radius 3 is 2.96 bits per heavy atom. The van der Waals surface area contributed by atoms with Gasteiger partial charge in [0.15, 0.2) is 5.82 Å². The lowest BCUT2D eigenvalue weighted by atomic mass is 9.91. The first kappa shape index (κ1) is 26.6.